The Kier molecular flexibility index (Phi) is 3.56. The summed E-state index contributed by atoms with van der Waals surface area (Å²) in [5.74, 6) is 0.0967. The molecule has 2 aromatic rings. The van der Waals surface area contributed by atoms with Crippen molar-refractivity contribution >= 4 is 17.2 Å². The van der Waals surface area contributed by atoms with Gasteiger partial charge in [-0.2, -0.15) is 0 Å². The van der Waals surface area contributed by atoms with E-state index in [0.29, 0.717) is 0 Å². The molecular formula is C13H15N3S. The summed E-state index contributed by atoms with van der Waals surface area (Å²) in [5, 5.41) is 9.23. The van der Waals surface area contributed by atoms with Crippen molar-refractivity contribution < 1.29 is 0 Å². The predicted molar refractivity (Wildman–Crippen MR) is 72.4 cm³/mol. The fourth-order valence-electron chi connectivity index (χ4n) is 1.66. The van der Waals surface area contributed by atoms with E-state index in [-0.39, 0.29) is 11.9 Å². The predicted octanol–water partition coefficient (Wildman–Crippen LogP) is 2.27. The molecule has 5 N–H and O–H groups in total. The van der Waals surface area contributed by atoms with E-state index in [1.807, 2.05) is 29.6 Å². The number of benzene rings is 1. The molecule has 0 saturated carbocycles. The minimum Gasteiger partial charge on any atom is -0.384 e. The van der Waals surface area contributed by atoms with E-state index in [0.717, 1.165) is 16.9 Å². The standard InChI is InChI=1S/C13H15N3S/c14-11(6-9-4-2-1-3-5-9)12-7-10(8-17-12)13(15)16/h1-5,7-8,11H,6,14H2,(H3,15,16)/t11-/m1/s1. The summed E-state index contributed by atoms with van der Waals surface area (Å²) in [6.45, 7) is 0. The zero-order valence-electron chi connectivity index (χ0n) is 9.39. The van der Waals surface area contributed by atoms with E-state index in [9.17, 15) is 0 Å². The average Bonchev–Trinajstić information content (AvgIpc) is 2.79. The van der Waals surface area contributed by atoms with E-state index >= 15 is 0 Å². The van der Waals surface area contributed by atoms with Gasteiger partial charge in [-0.3, -0.25) is 5.41 Å². The number of nitrogens with two attached hydrogens (primary N) is 2. The van der Waals surface area contributed by atoms with E-state index in [1.54, 1.807) is 11.3 Å². The largest absolute Gasteiger partial charge is 0.384 e. The third-order valence-corrected chi connectivity index (χ3v) is 3.66. The summed E-state index contributed by atoms with van der Waals surface area (Å²) in [4.78, 5) is 1.07. The quantitative estimate of drug-likeness (QED) is 0.571. The van der Waals surface area contributed by atoms with Gasteiger partial charge >= 0.3 is 0 Å². The van der Waals surface area contributed by atoms with Crippen LogP contribution in [0.2, 0.25) is 0 Å². The minimum atomic E-state index is -0.0319. The molecule has 0 spiro atoms. The second kappa shape index (κ2) is 5.12. The van der Waals surface area contributed by atoms with Crippen LogP contribution in [0, 0.1) is 5.41 Å². The van der Waals surface area contributed by atoms with Crippen LogP contribution < -0.4 is 11.5 Å². The Bertz CT molecular complexity index is 504. The third-order valence-electron chi connectivity index (χ3n) is 2.59. The normalized spacial score (nSPS) is 12.3. The highest BCUT2D eigenvalue weighted by Crippen LogP contribution is 2.23. The van der Waals surface area contributed by atoms with Crippen molar-refractivity contribution in [3.8, 4) is 0 Å². The van der Waals surface area contributed by atoms with Gasteiger partial charge in [0.2, 0.25) is 0 Å². The summed E-state index contributed by atoms with van der Waals surface area (Å²) in [6.07, 6.45) is 0.804. The van der Waals surface area contributed by atoms with Crippen LogP contribution in [0.15, 0.2) is 41.8 Å². The molecular weight excluding hydrogens is 230 g/mol. The Morgan fingerprint density at radius 1 is 1.29 bits per heavy atom. The van der Waals surface area contributed by atoms with Gasteiger partial charge in [0.15, 0.2) is 0 Å². The van der Waals surface area contributed by atoms with Crippen LogP contribution in [0.4, 0.5) is 0 Å². The van der Waals surface area contributed by atoms with Gasteiger partial charge in [0.25, 0.3) is 0 Å². The van der Waals surface area contributed by atoms with Crippen molar-refractivity contribution in [3.05, 3.63) is 57.8 Å². The van der Waals surface area contributed by atoms with Crippen LogP contribution in [0.5, 0.6) is 0 Å². The van der Waals surface area contributed by atoms with Crippen LogP contribution in [-0.4, -0.2) is 5.84 Å². The fourth-order valence-corrected chi connectivity index (χ4v) is 2.57. The first-order valence-corrected chi connectivity index (χ1v) is 6.27. The fraction of sp³-hybridized carbons (Fsp3) is 0.154. The summed E-state index contributed by atoms with van der Waals surface area (Å²) >= 11 is 1.56. The van der Waals surface area contributed by atoms with Gasteiger partial charge < -0.3 is 11.5 Å². The minimum absolute atomic E-state index is 0.0319. The average molecular weight is 245 g/mol. The zero-order chi connectivity index (χ0) is 12.3. The Labute approximate surface area is 105 Å². The van der Waals surface area contributed by atoms with Gasteiger partial charge in [-0.05, 0) is 18.1 Å². The van der Waals surface area contributed by atoms with Crippen molar-refractivity contribution in [2.24, 2.45) is 11.5 Å². The van der Waals surface area contributed by atoms with Crippen molar-refractivity contribution in [3.63, 3.8) is 0 Å². The molecule has 0 amide bonds. The van der Waals surface area contributed by atoms with Crippen LogP contribution >= 0.6 is 11.3 Å². The summed E-state index contributed by atoms with van der Waals surface area (Å²) < 4.78 is 0. The van der Waals surface area contributed by atoms with Gasteiger partial charge in [-0.1, -0.05) is 30.3 Å². The maximum Gasteiger partial charge on any atom is 0.123 e. The van der Waals surface area contributed by atoms with Crippen LogP contribution in [0.3, 0.4) is 0 Å². The number of hydrogen-bond acceptors (Lipinski definition) is 3. The lowest BCUT2D eigenvalue weighted by atomic mass is 10.1. The maximum absolute atomic E-state index is 7.35. The molecule has 1 atom stereocenters. The molecule has 0 bridgehead atoms. The number of nitrogens with one attached hydrogen (secondary N) is 1. The molecule has 2 rings (SSSR count). The Morgan fingerprint density at radius 2 is 2.00 bits per heavy atom. The monoisotopic (exact) mass is 245 g/mol. The molecule has 0 aliphatic carbocycles. The SMILES string of the molecule is N=C(N)c1csc([C@H](N)Cc2ccccc2)c1. The Balaban J connectivity index is 2.09. The maximum atomic E-state index is 7.35. The number of rotatable bonds is 4. The van der Waals surface area contributed by atoms with Crippen molar-refractivity contribution in [1.29, 1.82) is 5.41 Å². The van der Waals surface area contributed by atoms with E-state index < -0.39 is 0 Å². The van der Waals surface area contributed by atoms with Gasteiger partial charge in [0, 0.05) is 21.9 Å². The highest BCUT2D eigenvalue weighted by molar-refractivity contribution is 7.10. The van der Waals surface area contributed by atoms with Crippen LogP contribution in [0.25, 0.3) is 0 Å². The van der Waals surface area contributed by atoms with Crippen molar-refractivity contribution in [2.45, 2.75) is 12.5 Å². The van der Waals surface area contributed by atoms with Crippen molar-refractivity contribution in [2.75, 3.05) is 0 Å². The van der Waals surface area contributed by atoms with E-state index in [4.69, 9.17) is 16.9 Å². The van der Waals surface area contributed by atoms with Gasteiger partial charge in [0.1, 0.15) is 5.84 Å². The molecule has 0 saturated heterocycles. The second-order valence-electron chi connectivity index (χ2n) is 3.95. The first-order valence-electron chi connectivity index (χ1n) is 5.39. The second-order valence-corrected chi connectivity index (χ2v) is 4.89. The lowest BCUT2D eigenvalue weighted by Crippen LogP contribution is -2.13. The molecule has 1 aromatic heterocycles. The van der Waals surface area contributed by atoms with Crippen LogP contribution in [-0.2, 0) is 6.42 Å². The Hall–Kier alpha value is -1.65. The molecule has 0 unspecified atom stereocenters. The van der Waals surface area contributed by atoms with Crippen molar-refractivity contribution in [1.82, 2.24) is 0 Å². The van der Waals surface area contributed by atoms with Gasteiger partial charge in [-0.15, -0.1) is 11.3 Å². The number of thiophene rings is 1. The molecule has 0 radical (unpaired) electrons. The number of hydrogen-bond donors (Lipinski definition) is 3. The molecule has 0 aliphatic heterocycles. The molecule has 4 heteroatoms. The van der Waals surface area contributed by atoms with Gasteiger partial charge in [0.05, 0.1) is 0 Å². The smallest absolute Gasteiger partial charge is 0.123 e. The zero-order valence-corrected chi connectivity index (χ0v) is 10.2. The van der Waals surface area contributed by atoms with E-state index in [2.05, 4.69) is 12.1 Å². The molecule has 1 heterocycles. The topological polar surface area (TPSA) is 75.9 Å². The molecule has 3 nitrogen and oxygen atoms in total. The highest BCUT2D eigenvalue weighted by atomic mass is 32.1. The summed E-state index contributed by atoms with van der Waals surface area (Å²) in [6, 6.07) is 12.0. The van der Waals surface area contributed by atoms with E-state index in [1.165, 1.54) is 5.56 Å². The number of amidine groups is 1. The Morgan fingerprint density at radius 3 is 2.59 bits per heavy atom. The molecule has 0 aliphatic rings. The number of nitrogen functional groups attached to an aromatic ring is 1. The molecule has 88 valence electrons. The third kappa shape index (κ3) is 2.93. The molecule has 17 heavy (non-hydrogen) atoms. The first-order chi connectivity index (χ1) is 8.16. The molecule has 1 aromatic carbocycles. The highest BCUT2D eigenvalue weighted by Gasteiger charge is 2.10. The molecule has 0 fully saturated rings. The van der Waals surface area contributed by atoms with Gasteiger partial charge in [-0.25, -0.2) is 0 Å². The summed E-state index contributed by atoms with van der Waals surface area (Å²) in [7, 11) is 0. The summed E-state index contributed by atoms with van der Waals surface area (Å²) in [5.41, 5.74) is 13.5. The lowest BCUT2D eigenvalue weighted by molar-refractivity contribution is 0.736. The van der Waals surface area contributed by atoms with Crippen LogP contribution in [0.1, 0.15) is 22.0 Å². The lowest BCUT2D eigenvalue weighted by Gasteiger charge is -2.09. The first kappa shape index (κ1) is 11.8.